The number of pyridine rings is 1. The maximum Gasteiger partial charge on any atom is 0.404 e. The molecule has 14 heteroatoms. The van der Waals surface area contributed by atoms with E-state index >= 15 is 0 Å². The third kappa shape index (κ3) is 4.37. The summed E-state index contributed by atoms with van der Waals surface area (Å²) in [5, 5.41) is 15.1. The number of thioether (sulfide) groups is 1. The first-order valence-electron chi connectivity index (χ1n) is 8.71. The predicted molar refractivity (Wildman–Crippen MR) is 107 cm³/mol. The minimum atomic E-state index is -1.36. The highest BCUT2D eigenvalue weighted by atomic mass is 32.2. The molecule has 3 amide bonds. The van der Waals surface area contributed by atoms with Gasteiger partial charge < -0.3 is 31.5 Å². The highest BCUT2D eigenvalue weighted by Crippen LogP contribution is 2.40. The summed E-state index contributed by atoms with van der Waals surface area (Å²) in [7, 11) is 1.24. The Balaban J connectivity index is 1.79. The summed E-state index contributed by atoms with van der Waals surface area (Å²) in [6.45, 7) is -0.358. The smallest absolute Gasteiger partial charge is 0.404 e. The monoisotopic (exact) mass is 450 g/mol. The van der Waals surface area contributed by atoms with Crippen LogP contribution in [0.2, 0.25) is 0 Å². The second-order valence-corrected chi connectivity index (χ2v) is 7.40. The maximum absolute atomic E-state index is 12.7. The van der Waals surface area contributed by atoms with Gasteiger partial charge in [0, 0.05) is 11.3 Å². The van der Waals surface area contributed by atoms with Crippen molar-refractivity contribution in [3.8, 4) is 0 Å². The van der Waals surface area contributed by atoms with E-state index in [-0.39, 0.29) is 40.9 Å². The Kier molecular flexibility index (Phi) is 6.29. The van der Waals surface area contributed by atoms with Crippen LogP contribution in [-0.2, 0) is 24.0 Å². The number of carbonyl (C=O) groups is 4. The van der Waals surface area contributed by atoms with Gasteiger partial charge in [0.2, 0.25) is 0 Å². The lowest BCUT2D eigenvalue weighted by Crippen LogP contribution is -2.71. The lowest BCUT2D eigenvalue weighted by Gasteiger charge is -2.49. The molecule has 0 bridgehead atoms. The van der Waals surface area contributed by atoms with Crippen molar-refractivity contribution in [3.63, 3.8) is 0 Å². The molecule has 3 rings (SSSR count). The number of anilines is 1. The maximum atomic E-state index is 12.7. The number of oxime groups is 1. The summed E-state index contributed by atoms with van der Waals surface area (Å²) >= 11 is 1.20. The molecule has 1 saturated heterocycles. The van der Waals surface area contributed by atoms with Crippen molar-refractivity contribution >= 4 is 47.2 Å². The number of hydrogen-bond acceptors (Lipinski definition) is 10. The van der Waals surface area contributed by atoms with E-state index in [4.69, 9.17) is 16.3 Å². The van der Waals surface area contributed by atoms with Crippen molar-refractivity contribution in [2.75, 3.05) is 25.2 Å². The number of ether oxygens (including phenoxy) is 1. The van der Waals surface area contributed by atoms with Crippen molar-refractivity contribution in [2.24, 2.45) is 10.9 Å². The number of nitrogens with one attached hydrogen (secondary N) is 1. The molecule has 1 fully saturated rings. The van der Waals surface area contributed by atoms with Gasteiger partial charge in [0.15, 0.2) is 5.71 Å². The quantitative estimate of drug-likeness (QED) is 0.223. The molecular weight excluding hydrogens is 432 g/mol. The lowest BCUT2D eigenvalue weighted by atomic mass is 10.0. The molecule has 2 aliphatic heterocycles. The normalized spacial score (nSPS) is 20.5. The van der Waals surface area contributed by atoms with E-state index in [2.05, 4.69) is 20.2 Å². The van der Waals surface area contributed by atoms with Crippen molar-refractivity contribution in [1.29, 1.82) is 0 Å². The first-order chi connectivity index (χ1) is 14.7. The molecule has 31 heavy (non-hydrogen) atoms. The highest BCUT2D eigenvalue weighted by Gasteiger charge is 2.54. The zero-order chi connectivity index (χ0) is 22.7. The van der Waals surface area contributed by atoms with Crippen LogP contribution in [0.5, 0.6) is 0 Å². The second kappa shape index (κ2) is 8.91. The Hall–Kier alpha value is -3.81. The SMILES string of the molecule is CO/N=C(\C(=O)NC1C(=O)N2C(C(=O)O)=C(COC(N)=O)CS[C@H]12)c1cccc(N)n1. The zero-order valence-electron chi connectivity index (χ0n) is 16.1. The number of aliphatic carboxylic acids is 1. The van der Waals surface area contributed by atoms with E-state index < -0.39 is 35.3 Å². The van der Waals surface area contributed by atoms with Gasteiger partial charge in [-0.15, -0.1) is 11.8 Å². The third-order valence-corrected chi connectivity index (χ3v) is 5.68. The molecule has 164 valence electrons. The van der Waals surface area contributed by atoms with Gasteiger partial charge in [-0.3, -0.25) is 14.5 Å². The molecule has 0 aromatic carbocycles. The molecule has 6 N–H and O–H groups in total. The van der Waals surface area contributed by atoms with Gasteiger partial charge in [-0.05, 0) is 12.1 Å². The van der Waals surface area contributed by atoms with Gasteiger partial charge in [0.25, 0.3) is 11.8 Å². The van der Waals surface area contributed by atoms with Crippen molar-refractivity contribution in [2.45, 2.75) is 11.4 Å². The van der Waals surface area contributed by atoms with E-state index in [0.717, 1.165) is 4.90 Å². The fraction of sp³-hybridized carbons (Fsp3) is 0.294. The number of carbonyl (C=O) groups excluding carboxylic acids is 3. The van der Waals surface area contributed by atoms with Crippen LogP contribution in [0, 0.1) is 0 Å². The number of β-lactam (4-membered cyclic amide) rings is 1. The molecule has 2 atom stereocenters. The van der Waals surface area contributed by atoms with Gasteiger partial charge in [-0.25, -0.2) is 14.6 Å². The fourth-order valence-electron chi connectivity index (χ4n) is 3.04. The van der Waals surface area contributed by atoms with Crippen LogP contribution in [0.25, 0.3) is 0 Å². The van der Waals surface area contributed by atoms with E-state index in [0.29, 0.717) is 0 Å². The van der Waals surface area contributed by atoms with E-state index in [9.17, 15) is 24.3 Å². The van der Waals surface area contributed by atoms with Gasteiger partial charge >= 0.3 is 12.1 Å². The Bertz CT molecular complexity index is 1010. The summed E-state index contributed by atoms with van der Waals surface area (Å²) in [5.74, 6) is -2.44. The molecule has 0 spiro atoms. The van der Waals surface area contributed by atoms with Crippen molar-refractivity contribution < 1.29 is 33.9 Å². The predicted octanol–water partition coefficient (Wildman–Crippen LogP) is -1.15. The van der Waals surface area contributed by atoms with Crippen LogP contribution in [0.3, 0.4) is 0 Å². The average molecular weight is 450 g/mol. The first-order valence-corrected chi connectivity index (χ1v) is 9.76. The van der Waals surface area contributed by atoms with Crippen LogP contribution in [0.4, 0.5) is 10.6 Å². The summed E-state index contributed by atoms with van der Waals surface area (Å²) in [6.07, 6.45) is -1.07. The highest BCUT2D eigenvalue weighted by molar-refractivity contribution is 8.00. The summed E-state index contributed by atoms with van der Waals surface area (Å²) in [4.78, 5) is 57.7. The Morgan fingerprint density at radius 3 is 2.77 bits per heavy atom. The standard InChI is InChI=1S/C17H18N6O7S/c1-29-22-10(8-3-2-4-9(18)20-8)13(24)21-11-14(25)23-12(16(26)27)7(5-30-17(19)28)6-31-15(11)23/h2-4,11,15H,5-6H2,1H3,(H2,18,20)(H2,19,28)(H,21,24)(H,26,27)/b22-10-/t11?,15-/m1/s1. The number of nitrogens with two attached hydrogens (primary N) is 2. The van der Waals surface area contributed by atoms with Crippen molar-refractivity contribution in [3.05, 3.63) is 35.2 Å². The lowest BCUT2D eigenvalue weighted by molar-refractivity contribution is -0.150. The van der Waals surface area contributed by atoms with E-state index in [1.165, 1.54) is 31.0 Å². The number of rotatable bonds is 7. The number of hydrogen-bond donors (Lipinski definition) is 4. The summed E-state index contributed by atoms with van der Waals surface area (Å²) < 4.78 is 4.66. The van der Waals surface area contributed by atoms with Crippen molar-refractivity contribution in [1.82, 2.24) is 15.2 Å². The van der Waals surface area contributed by atoms with Gasteiger partial charge in [0.05, 0.1) is 0 Å². The Morgan fingerprint density at radius 2 is 2.16 bits per heavy atom. The number of aromatic nitrogens is 1. The van der Waals surface area contributed by atoms with Crippen LogP contribution >= 0.6 is 11.8 Å². The first kappa shape index (κ1) is 21.9. The number of primary amides is 1. The number of nitrogen functional groups attached to an aromatic ring is 1. The second-order valence-electron chi connectivity index (χ2n) is 6.30. The molecule has 3 heterocycles. The number of carboxylic acids is 1. The molecule has 0 saturated carbocycles. The van der Waals surface area contributed by atoms with Crippen LogP contribution < -0.4 is 16.8 Å². The molecular formula is C17H18N6O7S. The number of nitrogens with zero attached hydrogens (tertiary/aromatic N) is 3. The minimum Gasteiger partial charge on any atom is -0.477 e. The van der Waals surface area contributed by atoms with Crippen LogP contribution in [-0.4, -0.2) is 75.5 Å². The topological polar surface area (TPSA) is 200 Å². The Morgan fingerprint density at radius 1 is 1.42 bits per heavy atom. The molecule has 0 aliphatic carbocycles. The van der Waals surface area contributed by atoms with Gasteiger partial charge in [0.1, 0.15) is 42.3 Å². The minimum absolute atomic E-state index is 0.135. The zero-order valence-corrected chi connectivity index (χ0v) is 16.9. The molecule has 13 nitrogen and oxygen atoms in total. The molecule has 1 aromatic rings. The number of amides is 3. The fourth-order valence-corrected chi connectivity index (χ4v) is 4.37. The van der Waals surface area contributed by atoms with Gasteiger partial charge in [-0.2, -0.15) is 0 Å². The molecule has 0 radical (unpaired) electrons. The molecule has 1 aromatic heterocycles. The average Bonchev–Trinajstić information content (AvgIpc) is 2.73. The summed E-state index contributed by atoms with van der Waals surface area (Å²) in [5.41, 5.74) is 10.4. The third-order valence-electron chi connectivity index (χ3n) is 4.34. The van der Waals surface area contributed by atoms with Crippen LogP contribution in [0.1, 0.15) is 5.69 Å². The number of fused-ring (bicyclic) bond motifs is 1. The van der Waals surface area contributed by atoms with Crippen LogP contribution in [0.15, 0.2) is 34.6 Å². The molecule has 2 aliphatic rings. The van der Waals surface area contributed by atoms with E-state index in [1.807, 2.05) is 0 Å². The molecule has 1 unspecified atom stereocenters. The van der Waals surface area contributed by atoms with Gasteiger partial charge in [-0.1, -0.05) is 11.2 Å². The Labute approximate surface area is 179 Å². The largest absolute Gasteiger partial charge is 0.477 e. The number of carboxylic acid groups (broad SMARTS) is 1. The van der Waals surface area contributed by atoms with E-state index in [1.54, 1.807) is 6.07 Å². The summed E-state index contributed by atoms with van der Waals surface area (Å²) in [6, 6.07) is 3.59.